The van der Waals surface area contributed by atoms with E-state index >= 15 is 0 Å². The van der Waals surface area contributed by atoms with Gasteiger partial charge in [-0.3, -0.25) is 30.2 Å². The molecule has 4 amide bonds. The standard InChI is InChI=1S/C14H27N9O3/c1-23(10(24)5-9(15)3-2-4-19-12(16)17)7-8-6-20-14(21-11(8)25)22-13(18)26/h8-9H,2-7,15H2,1H3,(H4,16,17,19)(H4,18,20,21,22,25,26)/t8?,9-/m0/s1. The molecule has 1 aliphatic heterocycles. The number of primary amides is 1. The SMILES string of the molecule is CN(CC1CN=C(NC(N)=O)NC1=O)C(=O)C[C@@H](N)CCCN=C(N)N. The van der Waals surface area contributed by atoms with E-state index in [1.165, 1.54) is 4.90 Å². The molecule has 12 nitrogen and oxygen atoms in total. The zero-order valence-corrected chi connectivity index (χ0v) is 14.8. The third-order valence-corrected chi connectivity index (χ3v) is 3.71. The normalized spacial score (nSPS) is 17.5. The zero-order chi connectivity index (χ0) is 19.7. The lowest BCUT2D eigenvalue weighted by Crippen LogP contribution is -2.53. The number of urea groups is 1. The second-order valence-electron chi connectivity index (χ2n) is 6.05. The Morgan fingerprint density at radius 1 is 1.42 bits per heavy atom. The van der Waals surface area contributed by atoms with Crippen LogP contribution in [0.25, 0.3) is 0 Å². The number of carbonyl (C=O) groups excluding carboxylic acids is 3. The van der Waals surface area contributed by atoms with Crippen molar-refractivity contribution in [1.82, 2.24) is 15.5 Å². The minimum atomic E-state index is -0.816. The van der Waals surface area contributed by atoms with Crippen molar-refractivity contribution < 1.29 is 14.4 Å². The van der Waals surface area contributed by atoms with Gasteiger partial charge in [-0.1, -0.05) is 0 Å². The first-order chi connectivity index (χ1) is 12.2. The summed E-state index contributed by atoms with van der Waals surface area (Å²) in [6, 6.07) is -1.13. The van der Waals surface area contributed by atoms with Gasteiger partial charge in [0.05, 0.1) is 12.5 Å². The van der Waals surface area contributed by atoms with Gasteiger partial charge in [0.1, 0.15) is 0 Å². The highest BCUT2D eigenvalue weighted by Crippen LogP contribution is 2.08. The van der Waals surface area contributed by atoms with Crippen LogP contribution in [0.2, 0.25) is 0 Å². The van der Waals surface area contributed by atoms with Crippen molar-refractivity contribution in [3.8, 4) is 0 Å². The minimum absolute atomic E-state index is 0.00975. The number of hydrogen-bond donors (Lipinski definition) is 6. The van der Waals surface area contributed by atoms with Gasteiger partial charge in [-0.15, -0.1) is 0 Å². The van der Waals surface area contributed by atoms with Gasteiger partial charge in [0.2, 0.25) is 17.8 Å². The largest absolute Gasteiger partial charge is 0.370 e. The molecule has 0 saturated carbocycles. The fourth-order valence-corrected chi connectivity index (χ4v) is 2.35. The molecule has 146 valence electrons. The van der Waals surface area contributed by atoms with Crippen LogP contribution < -0.4 is 33.6 Å². The Bertz CT molecular complexity index is 586. The van der Waals surface area contributed by atoms with Gasteiger partial charge in [-0.2, -0.15) is 0 Å². The highest BCUT2D eigenvalue weighted by atomic mass is 16.2. The second kappa shape index (κ2) is 10.2. The van der Waals surface area contributed by atoms with E-state index in [9.17, 15) is 14.4 Å². The number of carbonyl (C=O) groups is 3. The Morgan fingerprint density at radius 3 is 2.69 bits per heavy atom. The van der Waals surface area contributed by atoms with E-state index in [-0.39, 0.29) is 49.3 Å². The maximum absolute atomic E-state index is 12.2. The average Bonchev–Trinajstić information content (AvgIpc) is 2.53. The first kappa shape index (κ1) is 21.2. The van der Waals surface area contributed by atoms with Crippen LogP contribution in [0.5, 0.6) is 0 Å². The summed E-state index contributed by atoms with van der Waals surface area (Å²) < 4.78 is 0. The summed E-state index contributed by atoms with van der Waals surface area (Å²) in [4.78, 5) is 44.3. The van der Waals surface area contributed by atoms with Gasteiger partial charge in [0.15, 0.2) is 5.96 Å². The molecule has 12 heteroatoms. The lowest BCUT2D eigenvalue weighted by molar-refractivity contribution is -0.132. The van der Waals surface area contributed by atoms with Crippen LogP contribution in [0.3, 0.4) is 0 Å². The lowest BCUT2D eigenvalue weighted by atomic mass is 10.1. The van der Waals surface area contributed by atoms with E-state index in [2.05, 4.69) is 20.6 Å². The molecule has 0 fully saturated rings. The summed E-state index contributed by atoms with van der Waals surface area (Å²) in [5.41, 5.74) is 21.4. The summed E-state index contributed by atoms with van der Waals surface area (Å²) in [5, 5.41) is 4.63. The second-order valence-corrected chi connectivity index (χ2v) is 6.05. The average molecular weight is 369 g/mol. The number of hydrogen-bond acceptors (Lipinski definition) is 6. The monoisotopic (exact) mass is 369 g/mol. The highest BCUT2D eigenvalue weighted by Gasteiger charge is 2.27. The molecular weight excluding hydrogens is 342 g/mol. The van der Waals surface area contributed by atoms with Crippen molar-refractivity contribution in [3.05, 3.63) is 0 Å². The van der Waals surface area contributed by atoms with Crippen LogP contribution in [-0.2, 0) is 9.59 Å². The molecule has 10 N–H and O–H groups in total. The molecule has 1 unspecified atom stereocenters. The van der Waals surface area contributed by atoms with E-state index in [0.717, 1.165) is 0 Å². The van der Waals surface area contributed by atoms with E-state index < -0.39 is 11.9 Å². The van der Waals surface area contributed by atoms with Crippen molar-refractivity contribution in [2.75, 3.05) is 26.7 Å². The van der Waals surface area contributed by atoms with Crippen LogP contribution in [0.15, 0.2) is 9.98 Å². The lowest BCUT2D eigenvalue weighted by Gasteiger charge is -2.26. The molecule has 0 radical (unpaired) electrons. The van der Waals surface area contributed by atoms with Crippen LogP contribution in [-0.4, -0.2) is 67.4 Å². The number of aliphatic imine (C=N–C) groups is 2. The van der Waals surface area contributed by atoms with Crippen molar-refractivity contribution in [1.29, 1.82) is 0 Å². The summed E-state index contributed by atoms with van der Waals surface area (Å²) in [5.74, 6) is -0.991. The minimum Gasteiger partial charge on any atom is -0.370 e. The Kier molecular flexibility index (Phi) is 8.28. The van der Waals surface area contributed by atoms with Crippen LogP contribution in [0, 0.1) is 5.92 Å². The highest BCUT2D eigenvalue weighted by molar-refractivity contribution is 6.05. The molecule has 0 spiro atoms. The number of nitrogens with one attached hydrogen (secondary N) is 2. The molecule has 1 rings (SSSR count). The maximum Gasteiger partial charge on any atom is 0.318 e. The number of rotatable bonds is 8. The van der Waals surface area contributed by atoms with Crippen molar-refractivity contribution in [3.63, 3.8) is 0 Å². The van der Waals surface area contributed by atoms with Crippen molar-refractivity contribution >= 4 is 29.8 Å². The van der Waals surface area contributed by atoms with Gasteiger partial charge >= 0.3 is 6.03 Å². The van der Waals surface area contributed by atoms with Crippen molar-refractivity contribution in [2.24, 2.45) is 38.8 Å². The Hall–Kier alpha value is -2.89. The summed E-state index contributed by atoms with van der Waals surface area (Å²) >= 11 is 0. The van der Waals surface area contributed by atoms with Crippen LogP contribution in [0.1, 0.15) is 19.3 Å². The Balaban J connectivity index is 2.40. The third-order valence-electron chi connectivity index (χ3n) is 3.71. The molecule has 1 heterocycles. The van der Waals surface area contributed by atoms with E-state index in [1.54, 1.807) is 7.05 Å². The number of guanidine groups is 2. The van der Waals surface area contributed by atoms with E-state index in [4.69, 9.17) is 22.9 Å². The number of amides is 4. The van der Waals surface area contributed by atoms with Gasteiger partial charge in [-0.25, -0.2) is 4.79 Å². The summed E-state index contributed by atoms with van der Waals surface area (Å²) in [6.45, 7) is 0.796. The maximum atomic E-state index is 12.2. The molecule has 26 heavy (non-hydrogen) atoms. The molecule has 0 aromatic carbocycles. The quantitative estimate of drug-likeness (QED) is 0.149. The van der Waals surface area contributed by atoms with E-state index in [0.29, 0.717) is 19.4 Å². The van der Waals surface area contributed by atoms with Crippen LogP contribution >= 0.6 is 0 Å². The molecule has 0 saturated heterocycles. The fraction of sp³-hybridized carbons (Fsp3) is 0.643. The van der Waals surface area contributed by atoms with E-state index in [1.807, 2.05) is 0 Å². The van der Waals surface area contributed by atoms with Crippen molar-refractivity contribution in [2.45, 2.75) is 25.3 Å². The van der Waals surface area contributed by atoms with Crippen LogP contribution in [0.4, 0.5) is 4.79 Å². The Morgan fingerprint density at radius 2 is 2.12 bits per heavy atom. The smallest absolute Gasteiger partial charge is 0.318 e. The first-order valence-electron chi connectivity index (χ1n) is 8.15. The zero-order valence-electron chi connectivity index (χ0n) is 14.8. The molecule has 1 aliphatic rings. The number of nitrogens with zero attached hydrogens (tertiary/aromatic N) is 3. The van der Waals surface area contributed by atoms with Gasteiger partial charge in [0.25, 0.3) is 0 Å². The van der Waals surface area contributed by atoms with Gasteiger partial charge < -0.3 is 27.8 Å². The summed E-state index contributed by atoms with van der Waals surface area (Å²) in [6.07, 6.45) is 1.43. The predicted molar refractivity (Wildman–Crippen MR) is 96.8 cm³/mol. The van der Waals surface area contributed by atoms with Gasteiger partial charge in [-0.05, 0) is 12.8 Å². The fourth-order valence-electron chi connectivity index (χ4n) is 2.35. The topological polar surface area (TPSA) is 207 Å². The number of nitrogens with two attached hydrogens (primary N) is 4. The summed E-state index contributed by atoms with van der Waals surface area (Å²) in [7, 11) is 1.60. The third kappa shape index (κ3) is 7.79. The molecule has 0 aliphatic carbocycles. The predicted octanol–water partition coefficient (Wildman–Crippen LogP) is -3.01. The molecular formula is C14H27N9O3. The Labute approximate surface area is 151 Å². The molecule has 0 bridgehead atoms. The molecule has 0 aromatic rings. The van der Waals surface area contributed by atoms with Gasteiger partial charge in [0, 0.05) is 32.6 Å². The molecule has 2 atom stereocenters. The first-order valence-corrected chi connectivity index (χ1v) is 8.15. The molecule has 0 aromatic heterocycles.